The minimum atomic E-state index is -0.504. The topological polar surface area (TPSA) is 55.5 Å². The Balaban J connectivity index is 2.04. The Kier molecular flexibility index (Phi) is 5.03. The normalized spacial score (nSPS) is 23.2. The highest BCUT2D eigenvalue weighted by molar-refractivity contribution is 4.80. The fourth-order valence-corrected chi connectivity index (χ4v) is 2.00. The predicted octanol–water partition coefficient (Wildman–Crippen LogP) is 1.68. The van der Waals surface area contributed by atoms with Crippen molar-refractivity contribution in [2.45, 2.75) is 57.6 Å². The first-order valence-electron chi connectivity index (χ1n) is 6.05. The lowest BCUT2D eigenvalue weighted by molar-refractivity contribution is 0.0245. The second kappa shape index (κ2) is 5.83. The van der Waals surface area contributed by atoms with Crippen molar-refractivity contribution >= 4 is 0 Å². The maximum Gasteiger partial charge on any atom is 0.0609 e. The summed E-state index contributed by atoms with van der Waals surface area (Å²) >= 11 is 0. The zero-order valence-electron chi connectivity index (χ0n) is 10.0. The summed E-state index contributed by atoms with van der Waals surface area (Å²) < 4.78 is 5.69. The van der Waals surface area contributed by atoms with Crippen molar-refractivity contribution < 1.29 is 9.84 Å². The zero-order chi connectivity index (χ0) is 11.3. The molecule has 2 unspecified atom stereocenters. The summed E-state index contributed by atoms with van der Waals surface area (Å²) in [6.45, 7) is 4.75. The molecule has 3 heteroatoms. The molecule has 3 N–H and O–H groups in total. The molecule has 0 heterocycles. The summed E-state index contributed by atoms with van der Waals surface area (Å²) in [5.74, 6) is 0.902. The molecule has 90 valence electrons. The summed E-state index contributed by atoms with van der Waals surface area (Å²) in [4.78, 5) is 0. The number of hydrogen-bond acceptors (Lipinski definition) is 3. The Bertz CT molecular complexity index is 178. The van der Waals surface area contributed by atoms with Gasteiger partial charge in [-0.1, -0.05) is 19.3 Å². The monoisotopic (exact) mass is 215 g/mol. The molecule has 1 saturated carbocycles. The van der Waals surface area contributed by atoms with Crippen LogP contribution < -0.4 is 5.73 Å². The van der Waals surface area contributed by atoms with Crippen molar-refractivity contribution in [1.29, 1.82) is 0 Å². The van der Waals surface area contributed by atoms with Gasteiger partial charge < -0.3 is 15.6 Å². The summed E-state index contributed by atoms with van der Waals surface area (Å²) in [6, 6.07) is 0. The average molecular weight is 215 g/mol. The van der Waals surface area contributed by atoms with Gasteiger partial charge in [-0.3, -0.25) is 0 Å². The van der Waals surface area contributed by atoms with Crippen molar-refractivity contribution in [2.75, 3.05) is 13.2 Å². The Labute approximate surface area is 93.0 Å². The second-order valence-corrected chi connectivity index (χ2v) is 5.28. The van der Waals surface area contributed by atoms with E-state index in [0.29, 0.717) is 6.42 Å². The highest BCUT2D eigenvalue weighted by Crippen LogP contribution is 2.29. The first-order valence-corrected chi connectivity index (χ1v) is 6.05. The summed E-state index contributed by atoms with van der Waals surface area (Å²) in [6.07, 6.45) is 6.20. The van der Waals surface area contributed by atoms with Crippen LogP contribution >= 0.6 is 0 Å². The fourth-order valence-electron chi connectivity index (χ4n) is 2.00. The number of nitrogens with two attached hydrogens (primary N) is 1. The van der Waals surface area contributed by atoms with Gasteiger partial charge in [-0.05, 0) is 32.6 Å². The summed E-state index contributed by atoms with van der Waals surface area (Å²) in [5, 5.41) is 9.02. The Morgan fingerprint density at radius 1 is 1.53 bits per heavy atom. The van der Waals surface area contributed by atoms with Crippen LogP contribution in [-0.2, 0) is 4.74 Å². The third-order valence-electron chi connectivity index (χ3n) is 3.27. The molecule has 2 atom stereocenters. The van der Waals surface area contributed by atoms with Crippen molar-refractivity contribution in [3.05, 3.63) is 0 Å². The van der Waals surface area contributed by atoms with Crippen LogP contribution in [0.2, 0.25) is 0 Å². The van der Waals surface area contributed by atoms with E-state index in [1.54, 1.807) is 0 Å². The van der Waals surface area contributed by atoms with Gasteiger partial charge in [0.15, 0.2) is 0 Å². The van der Waals surface area contributed by atoms with Gasteiger partial charge in [0.25, 0.3) is 0 Å². The maximum absolute atomic E-state index is 9.02. The number of aliphatic hydroxyl groups excluding tert-OH is 1. The second-order valence-electron chi connectivity index (χ2n) is 5.28. The van der Waals surface area contributed by atoms with E-state index in [9.17, 15) is 0 Å². The summed E-state index contributed by atoms with van der Waals surface area (Å²) in [7, 11) is 0. The lowest BCUT2D eigenvalue weighted by Crippen LogP contribution is -2.43. The fraction of sp³-hybridized carbons (Fsp3) is 1.00. The molecule has 3 nitrogen and oxygen atoms in total. The molecule has 0 spiro atoms. The average Bonchev–Trinajstić information content (AvgIpc) is 2.09. The standard InChI is InChI=1S/C12H25NO2/c1-10(8-12(2,13)9-14)15-7-6-11-4-3-5-11/h10-11,14H,3-9,13H2,1-2H3. The van der Waals surface area contributed by atoms with Crippen LogP contribution in [0.3, 0.4) is 0 Å². The first-order chi connectivity index (χ1) is 7.03. The molecule has 1 aliphatic carbocycles. The maximum atomic E-state index is 9.02. The van der Waals surface area contributed by atoms with Crippen LogP contribution in [0.25, 0.3) is 0 Å². The van der Waals surface area contributed by atoms with Crippen LogP contribution in [0.1, 0.15) is 46.0 Å². The van der Waals surface area contributed by atoms with Gasteiger partial charge >= 0.3 is 0 Å². The molecule has 0 aromatic carbocycles. The van der Waals surface area contributed by atoms with E-state index in [1.165, 1.54) is 25.7 Å². The number of aliphatic hydroxyl groups is 1. The third kappa shape index (κ3) is 4.96. The molecule has 0 amide bonds. The van der Waals surface area contributed by atoms with Gasteiger partial charge in [0, 0.05) is 12.1 Å². The number of ether oxygens (including phenoxy) is 1. The van der Waals surface area contributed by atoms with E-state index >= 15 is 0 Å². The molecule has 0 bridgehead atoms. The SMILES string of the molecule is CC(CC(C)(N)CO)OCCC1CCC1. The van der Waals surface area contributed by atoms with E-state index in [1.807, 2.05) is 13.8 Å². The lowest BCUT2D eigenvalue weighted by Gasteiger charge is -2.28. The molecule has 1 rings (SSSR count). The van der Waals surface area contributed by atoms with Crippen LogP contribution in [0, 0.1) is 5.92 Å². The Hall–Kier alpha value is -0.120. The van der Waals surface area contributed by atoms with Gasteiger partial charge in [0.05, 0.1) is 12.7 Å². The molecular weight excluding hydrogens is 190 g/mol. The molecule has 0 saturated heterocycles. The Morgan fingerprint density at radius 3 is 2.67 bits per heavy atom. The zero-order valence-corrected chi connectivity index (χ0v) is 10.0. The summed E-state index contributed by atoms with van der Waals surface area (Å²) in [5.41, 5.74) is 5.35. The number of hydrogen-bond donors (Lipinski definition) is 2. The van der Waals surface area contributed by atoms with Crippen LogP contribution in [0.5, 0.6) is 0 Å². The van der Waals surface area contributed by atoms with E-state index in [-0.39, 0.29) is 12.7 Å². The molecule has 0 aromatic heterocycles. The molecule has 1 fully saturated rings. The number of rotatable bonds is 7. The molecule has 0 aromatic rings. The highest BCUT2D eigenvalue weighted by atomic mass is 16.5. The highest BCUT2D eigenvalue weighted by Gasteiger charge is 2.22. The van der Waals surface area contributed by atoms with Gasteiger partial charge in [-0.2, -0.15) is 0 Å². The third-order valence-corrected chi connectivity index (χ3v) is 3.27. The van der Waals surface area contributed by atoms with Crippen molar-refractivity contribution in [2.24, 2.45) is 11.7 Å². The van der Waals surface area contributed by atoms with Crippen LogP contribution in [0.4, 0.5) is 0 Å². The van der Waals surface area contributed by atoms with Crippen molar-refractivity contribution in [1.82, 2.24) is 0 Å². The van der Waals surface area contributed by atoms with Gasteiger partial charge in [-0.25, -0.2) is 0 Å². The van der Waals surface area contributed by atoms with Crippen LogP contribution in [-0.4, -0.2) is 30.0 Å². The minimum Gasteiger partial charge on any atom is -0.394 e. The molecule has 1 aliphatic rings. The largest absolute Gasteiger partial charge is 0.394 e. The van der Waals surface area contributed by atoms with Crippen molar-refractivity contribution in [3.63, 3.8) is 0 Å². The quantitative estimate of drug-likeness (QED) is 0.679. The molecule has 15 heavy (non-hydrogen) atoms. The Morgan fingerprint density at radius 2 is 2.20 bits per heavy atom. The van der Waals surface area contributed by atoms with Crippen LogP contribution in [0.15, 0.2) is 0 Å². The predicted molar refractivity (Wildman–Crippen MR) is 61.7 cm³/mol. The van der Waals surface area contributed by atoms with E-state index < -0.39 is 5.54 Å². The van der Waals surface area contributed by atoms with E-state index in [4.69, 9.17) is 15.6 Å². The van der Waals surface area contributed by atoms with Gasteiger partial charge in [0.2, 0.25) is 0 Å². The smallest absolute Gasteiger partial charge is 0.0609 e. The minimum absolute atomic E-state index is 0.0172. The molecule has 0 aliphatic heterocycles. The van der Waals surface area contributed by atoms with Gasteiger partial charge in [0.1, 0.15) is 0 Å². The van der Waals surface area contributed by atoms with Crippen molar-refractivity contribution in [3.8, 4) is 0 Å². The van der Waals surface area contributed by atoms with E-state index in [0.717, 1.165) is 12.5 Å². The molecular formula is C12H25NO2. The van der Waals surface area contributed by atoms with E-state index in [2.05, 4.69) is 0 Å². The van der Waals surface area contributed by atoms with Gasteiger partial charge in [-0.15, -0.1) is 0 Å². The lowest BCUT2D eigenvalue weighted by atomic mass is 9.83. The first kappa shape index (κ1) is 12.9. The molecule has 0 radical (unpaired) electrons.